The van der Waals surface area contributed by atoms with Gasteiger partial charge in [-0.3, -0.25) is 4.90 Å². The highest BCUT2D eigenvalue weighted by molar-refractivity contribution is 8.00. The van der Waals surface area contributed by atoms with Crippen molar-refractivity contribution in [1.82, 2.24) is 4.90 Å². The van der Waals surface area contributed by atoms with E-state index in [-0.39, 0.29) is 5.37 Å². The monoisotopic (exact) mass is 326 g/mol. The number of para-hydroxylation sites is 1. The van der Waals surface area contributed by atoms with E-state index in [0.717, 1.165) is 31.8 Å². The molecule has 0 aliphatic carbocycles. The Balaban J connectivity index is 1.69. The van der Waals surface area contributed by atoms with Crippen LogP contribution < -0.4 is 5.32 Å². The van der Waals surface area contributed by atoms with E-state index < -0.39 is 9.84 Å². The Kier molecular flexibility index (Phi) is 4.47. The lowest BCUT2D eigenvalue weighted by molar-refractivity contribution is 0.229. The fourth-order valence-corrected chi connectivity index (χ4v) is 6.14. The summed E-state index contributed by atoms with van der Waals surface area (Å²) in [7, 11) is -3.00. The fraction of sp³-hybridized carbons (Fsp3) is 0.600. The van der Waals surface area contributed by atoms with Crippen LogP contribution in [-0.4, -0.2) is 56.1 Å². The molecule has 2 unspecified atom stereocenters. The zero-order valence-corrected chi connectivity index (χ0v) is 13.9. The smallest absolute Gasteiger partial charge is 0.164 e. The Bertz CT molecular complexity index is 603. The van der Waals surface area contributed by atoms with Crippen LogP contribution in [0.15, 0.2) is 24.3 Å². The van der Waals surface area contributed by atoms with E-state index in [9.17, 15) is 8.42 Å². The summed E-state index contributed by atoms with van der Waals surface area (Å²) >= 11 is 1.75. The van der Waals surface area contributed by atoms with Gasteiger partial charge in [0.15, 0.2) is 9.84 Å². The van der Waals surface area contributed by atoms with Gasteiger partial charge >= 0.3 is 0 Å². The minimum atomic E-state index is -3.00. The summed E-state index contributed by atoms with van der Waals surface area (Å²) in [6, 6.07) is 8.39. The molecule has 0 bridgehead atoms. The number of rotatable bonds is 3. The molecule has 1 fully saturated rings. The molecule has 2 heterocycles. The van der Waals surface area contributed by atoms with Crippen LogP contribution in [0.2, 0.25) is 0 Å². The number of thioether (sulfide) groups is 1. The molecular formula is C15H22N2O2S2. The van der Waals surface area contributed by atoms with Crippen LogP contribution in [0, 0.1) is 5.92 Å². The van der Waals surface area contributed by atoms with E-state index in [1.165, 1.54) is 17.5 Å². The molecule has 1 saturated heterocycles. The average Bonchev–Trinajstić information content (AvgIpc) is 2.46. The minimum absolute atomic E-state index is 0.312. The van der Waals surface area contributed by atoms with Crippen molar-refractivity contribution in [2.45, 2.75) is 11.8 Å². The van der Waals surface area contributed by atoms with Crippen LogP contribution in [0.5, 0.6) is 0 Å². The Morgan fingerprint density at radius 3 is 3.00 bits per heavy atom. The van der Waals surface area contributed by atoms with Crippen molar-refractivity contribution in [3.8, 4) is 0 Å². The molecule has 1 N–H and O–H groups in total. The van der Waals surface area contributed by atoms with E-state index in [2.05, 4.69) is 28.4 Å². The highest BCUT2D eigenvalue weighted by Gasteiger charge is 2.32. The van der Waals surface area contributed by atoms with Gasteiger partial charge in [0.25, 0.3) is 0 Å². The van der Waals surface area contributed by atoms with Crippen molar-refractivity contribution in [2.24, 2.45) is 5.92 Å². The number of hydrogen-bond donors (Lipinski definition) is 1. The Morgan fingerprint density at radius 2 is 2.19 bits per heavy atom. The van der Waals surface area contributed by atoms with Gasteiger partial charge in [0, 0.05) is 43.1 Å². The number of benzene rings is 1. The largest absolute Gasteiger partial charge is 0.384 e. The van der Waals surface area contributed by atoms with E-state index in [1.54, 1.807) is 11.8 Å². The summed E-state index contributed by atoms with van der Waals surface area (Å²) < 4.78 is 23.9. The maximum atomic E-state index is 12.0. The maximum Gasteiger partial charge on any atom is 0.164 e. The Hall–Kier alpha value is -0.720. The summed E-state index contributed by atoms with van der Waals surface area (Å²) in [5, 5.41) is 3.16. The predicted octanol–water partition coefficient (Wildman–Crippen LogP) is 1.69. The number of nitrogens with one attached hydrogen (secondary N) is 1. The molecule has 2 aliphatic rings. The number of fused-ring (bicyclic) bond motifs is 1. The van der Waals surface area contributed by atoms with Crippen molar-refractivity contribution in [1.29, 1.82) is 0 Å². The van der Waals surface area contributed by atoms with Gasteiger partial charge < -0.3 is 5.32 Å². The lowest BCUT2D eigenvalue weighted by Crippen LogP contribution is -2.49. The molecule has 2 aliphatic heterocycles. The van der Waals surface area contributed by atoms with Gasteiger partial charge in [0.1, 0.15) is 5.37 Å². The molecule has 6 heteroatoms. The second-order valence-electron chi connectivity index (χ2n) is 5.96. The summed E-state index contributed by atoms with van der Waals surface area (Å²) in [6.45, 7) is 2.66. The number of anilines is 1. The molecule has 0 amide bonds. The Labute approximate surface area is 131 Å². The van der Waals surface area contributed by atoms with Crippen molar-refractivity contribution in [3.63, 3.8) is 0 Å². The van der Waals surface area contributed by atoms with Gasteiger partial charge in [0.05, 0.1) is 0 Å². The summed E-state index contributed by atoms with van der Waals surface area (Å²) in [5.74, 6) is 2.21. The zero-order chi connectivity index (χ0) is 14.9. The van der Waals surface area contributed by atoms with Gasteiger partial charge in [-0.2, -0.15) is 11.8 Å². The second-order valence-corrected chi connectivity index (χ2v) is 9.32. The van der Waals surface area contributed by atoms with Crippen LogP contribution in [0.25, 0.3) is 0 Å². The van der Waals surface area contributed by atoms with Crippen LogP contribution in [0.3, 0.4) is 0 Å². The molecule has 0 saturated carbocycles. The van der Waals surface area contributed by atoms with E-state index >= 15 is 0 Å². The quantitative estimate of drug-likeness (QED) is 0.916. The van der Waals surface area contributed by atoms with Gasteiger partial charge in [0.2, 0.25) is 0 Å². The molecule has 116 valence electrons. The maximum absolute atomic E-state index is 12.0. The Morgan fingerprint density at radius 1 is 1.38 bits per heavy atom. The normalized spacial score (nSPS) is 26.9. The number of nitrogens with zero attached hydrogens (tertiary/aromatic N) is 1. The molecule has 2 atom stereocenters. The topological polar surface area (TPSA) is 49.4 Å². The number of hydrogen-bond acceptors (Lipinski definition) is 5. The van der Waals surface area contributed by atoms with Crippen molar-refractivity contribution in [3.05, 3.63) is 29.8 Å². The third-order valence-electron chi connectivity index (χ3n) is 4.28. The standard InChI is InChI=1S/C15H22N2O2S2/c1-21(18,19)15-11-20-7-6-17(15)10-12-8-13-4-2-3-5-14(13)16-9-12/h2-5,12,15-16H,6-11H2,1H3. The molecule has 3 rings (SSSR count). The van der Waals surface area contributed by atoms with Crippen LogP contribution in [0.1, 0.15) is 5.56 Å². The molecular weight excluding hydrogens is 304 g/mol. The summed E-state index contributed by atoms with van der Waals surface area (Å²) in [5.41, 5.74) is 2.57. The molecule has 0 aromatic heterocycles. The average molecular weight is 326 g/mol. The first-order chi connectivity index (χ1) is 10.0. The van der Waals surface area contributed by atoms with E-state index in [0.29, 0.717) is 11.7 Å². The first-order valence-corrected chi connectivity index (χ1v) is 10.5. The summed E-state index contributed by atoms with van der Waals surface area (Å²) in [4.78, 5) is 2.17. The van der Waals surface area contributed by atoms with Gasteiger partial charge in [-0.05, 0) is 24.0 Å². The summed E-state index contributed by atoms with van der Waals surface area (Å²) in [6.07, 6.45) is 2.40. The number of sulfone groups is 1. The zero-order valence-electron chi connectivity index (χ0n) is 12.3. The highest BCUT2D eigenvalue weighted by atomic mass is 32.2. The van der Waals surface area contributed by atoms with E-state index in [1.807, 2.05) is 6.07 Å². The van der Waals surface area contributed by atoms with Crippen LogP contribution >= 0.6 is 11.8 Å². The van der Waals surface area contributed by atoms with Gasteiger partial charge in [-0.1, -0.05) is 18.2 Å². The van der Waals surface area contributed by atoms with Crippen molar-refractivity contribution >= 4 is 27.3 Å². The second kappa shape index (κ2) is 6.18. The van der Waals surface area contributed by atoms with Gasteiger partial charge in [-0.25, -0.2) is 8.42 Å². The van der Waals surface area contributed by atoms with Crippen LogP contribution in [0.4, 0.5) is 5.69 Å². The third-order valence-corrected chi connectivity index (χ3v) is 6.97. The molecule has 1 aromatic rings. The molecule has 1 aromatic carbocycles. The van der Waals surface area contributed by atoms with Crippen molar-refractivity contribution in [2.75, 3.05) is 42.7 Å². The first kappa shape index (κ1) is 15.2. The molecule has 0 spiro atoms. The minimum Gasteiger partial charge on any atom is -0.384 e. The SMILES string of the molecule is CS(=O)(=O)C1CSCCN1CC1CNc2ccccc2C1. The molecule has 4 nitrogen and oxygen atoms in total. The van der Waals surface area contributed by atoms with Crippen molar-refractivity contribution < 1.29 is 8.42 Å². The third kappa shape index (κ3) is 3.55. The fourth-order valence-electron chi connectivity index (χ4n) is 3.19. The van der Waals surface area contributed by atoms with Gasteiger partial charge in [-0.15, -0.1) is 0 Å². The predicted molar refractivity (Wildman–Crippen MR) is 89.7 cm³/mol. The van der Waals surface area contributed by atoms with E-state index in [4.69, 9.17) is 0 Å². The first-order valence-electron chi connectivity index (χ1n) is 7.36. The molecule has 0 radical (unpaired) electrons. The lowest BCUT2D eigenvalue weighted by Gasteiger charge is -2.37. The molecule has 21 heavy (non-hydrogen) atoms. The highest BCUT2D eigenvalue weighted by Crippen LogP contribution is 2.27. The lowest BCUT2D eigenvalue weighted by atomic mass is 9.93. The van der Waals surface area contributed by atoms with Crippen LogP contribution in [-0.2, 0) is 16.3 Å².